The lowest BCUT2D eigenvalue weighted by atomic mass is 10.1. The van der Waals surface area contributed by atoms with Gasteiger partial charge in [-0.15, -0.1) is 0 Å². The topological polar surface area (TPSA) is 108 Å². The fourth-order valence-electron chi connectivity index (χ4n) is 3.60. The molecule has 0 fully saturated rings. The fraction of sp³-hybridized carbons (Fsp3) is 0.458. The number of hydrogen-bond donors (Lipinski definition) is 2. The second-order valence-electron chi connectivity index (χ2n) is 8.87. The lowest BCUT2D eigenvalue weighted by Crippen LogP contribution is -2.45. The minimum Gasteiger partial charge on any atom is -0.497 e. The van der Waals surface area contributed by atoms with Crippen LogP contribution in [0.2, 0.25) is 0 Å². The molecule has 0 saturated heterocycles. The largest absolute Gasteiger partial charge is 0.497 e. The van der Waals surface area contributed by atoms with Gasteiger partial charge in [-0.2, -0.15) is 0 Å². The number of carbonyl (C=O) groups is 1. The molecule has 9 nitrogen and oxygen atoms in total. The van der Waals surface area contributed by atoms with Crippen LogP contribution in [-0.4, -0.2) is 53.8 Å². The van der Waals surface area contributed by atoms with Crippen molar-refractivity contribution in [3.8, 4) is 5.75 Å². The van der Waals surface area contributed by atoms with E-state index >= 15 is 0 Å². The first kappa shape index (κ1) is 25.8. The number of ether oxygens (including phenoxy) is 1. The Labute approximate surface area is 195 Å². The maximum Gasteiger partial charge on any atom is 0.407 e. The summed E-state index contributed by atoms with van der Waals surface area (Å²) >= 11 is 0. The van der Waals surface area contributed by atoms with Gasteiger partial charge in [0.1, 0.15) is 17.1 Å². The maximum atomic E-state index is 11.9. The molecule has 0 saturated carbocycles. The van der Waals surface area contributed by atoms with Crippen LogP contribution in [0.15, 0.2) is 42.5 Å². The minimum absolute atomic E-state index is 0.0235. The van der Waals surface area contributed by atoms with Crippen LogP contribution in [-0.2, 0) is 6.54 Å². The lowest BCUT2D eigenvalue weighted by Gasteiger charge is -2.33. The van der Waals surface area contributed by atoms with Crippen LogP contribution in [0, 0.1) is 10.1 Å². The van der Waals surface area contributed by atoms with Crippen LogP contribution in [0.1, 0.15) is 39.2 Å². The molecule has 0 heterocycles. The molecule has 0 unspecified atom stereocenters. The van der Waals surface area contributed by atoms with Crippen molar-refractivity contribution in [1.29, 1.82) is 0 Å². The smallest absolute Gasteiger partial charge is 0.407 e. The number of benzene rings is 2. The monoisotopic (exact) mass is 458 g/mol. The van der Waals surface area contributed by atoms with Gasteiger partial charge in [0.15, 0.2) is 0 Å². The molecule has 1 amide bonds. The number of hydrogen-bond acceptors (Lipinski definition) is 6. The zero-order valence-corrected chi connectivity index (χ0v) is 20.0. The molecule has 0 aliphatic carbocycles. The SMILES string of the molecule is COc1ccc(CN(C)c2cccc(NCCCCN(C(=O)O)C(C)(C)C)c2[N+](=O)[O-])cc1. The average Bonchev–Trinajstić information content (AvgIpc) is 2.75. The number of nitrogens with one attached hydrogen (secondary N) is 1. The van der Waals surface area contributed by atoms with Gasteiger partial charge >= 0.3 is 11.8 Å². The highest BCUT2D eigenvalue weighted by atomic mass is 16.6. The molecule has 0 aliphatic heterocycles. The van der Waals surface area contributed by atoms with Crippen LogP contribution < -0.4 is 15.0 Å². The average molecular weight is 459 g/mol. The quantitative estimate of drug-likeness (QED) is 0.270. The zero-order valence-electron chi connectivity index (χ0n) is 20.0. The summed E-state index contributed by atoms with van der Waals surface area (Å²) in [6.07, 6.45) is 0.392. The third-order valence-corrected chi connectivity index (χ3v) is 5.35. The van der Waals surface area contributed by atoms with Crippen molar-refractivity contribution in [2.45, 2.75) is 45.7 Å². The molecule has 0 radical (unpaired) electrons. The van der Waals surface area contributed by atoms with E-state index in [0.29, 0.717) is 43.9 Å². The van der Waals surface area contributed by atoms with Gasteiger partial charge in [0, 0.05) is 32.2 Å². The van der Waals surface area contributed by atoms with Crippen LogP contribution in [0.4, 0.5) is 21.9 Å². The fourth-order valence-corrected chi connectivity index (χ4v) is 3.60. The predicted octanol–water partition coefficient (Wildman–Crippen LogP) is 5.21. The van der Waals surface area contributed by atoms with Crippen LogP contribution >= 0.6 is 0 Å². The Morgan fingerprint density at radius 3 is 2.36 bits per heavy atom. The Hall–Kier alpha value is -3.49. The first-order valence-corrected chi connectivity index (χ1v) is 10.9. The van der Waals surface area contributed by atoms with Gasteiger partial charge in [0.05, 0.1) is 12.0 Å². The van der Waals surface area contributed by atoms with Crippen molar-refractivity contribution in [1.82, 2.24) is 4.90 Å². The van der Waals surface area contributed by atoms with E-state index in [4.69, 9.17) is 4.74 Å². The van der Waals surface area contributed by atoms with E-state index in [1.165, 1.54) is 4.90 Å². The van der Waals surface area contributed by atoms with Gasteiger partial charge in [0.25, 0.3) is 0 Å². The number of nitro benzene ring substituents is 1. The summed E-state index contributed by atoms with van der Waals surface area (Å²) in [5.41, 5.74) is 1.53. The van der Waals surface area contributed by atoms with Crippen LogP contribution in [0.3, 0.4) is 0 Å². The molecular weight excluding hydrogens is 424 g/mol. The first-order chi connectivity index (χ1) is 15.5. The van der Waals surface area contributed by atoms with Gasteiger partial charge in [0.2, 0.25) is 0 Å². The number of methoxy groups -OCH3 is 1. The van der Waals surface area contributed by atoms with E-state index in [1.807, 2.05) is 57.0 Å². The van der Waals surface area contributed by atoms with E-state index in [9.17, 15) is 20.0 Å². The predicted molar refractivity (Wildman–Crippen MR) is 130 cm³/mol. The Morgan fingerprint density at radius 1 is 1.15 bits per heavy atom. The van der Waals surface area contributed by atoms with Crippen molar-refractivity contribution in [3.63, 3.8) is 0 Å². The number of unbranched alkanes of at least 4 members (excludes halogenated alkanes) is 1. The minimum atomic E-state index is -0.946. The molecule has 0 aliphatic rings. The van der Waals surface area contributed by atoms with Crippen LogP contribution in [0.5, 0.6) is 5.75 Å². The summed E-state index contributed by atoms with van der Waals surface area (Å²) in [4.78, 5) is 26.2. The summed E-state index contributed by atoms with van der Waals surface area (Å²) in [7, 11) is 3.43. The van der Waals surface area contributed by atoms with E-state index in [-0.39, 0.29) is 10.6 Å². The van der Waals surface area contributed by atoms with Crippen molar-refractivity contribution >= 4 is 23.2 Å². The lowest BCUT2D eigenvalue weighted by molar-refractivity contribution is -0.383. The second-order valence-corrected chi connectivity index (χ2v) is 8.87. The number of anilines is 2. The van der Waals surface area contributed by atoms with Crippen molar-refractivity contribution < 1.29 is 19.6 Å². The van der Waals surface area contributed by atoms with Crippen molar-refractivity contribution in [2.24, 2.45) is 0 Å². The van der Waals surface area contributed by atoms with Crippen molar-refractivity contribution in [3.05, 3.63) is 58.1 Å². The standard InChI is InChI=1S/C24H34N4O5/c1-24(2,3)27(23(29)30)16-7-6-15-25-20-9-8-10-21(22(20)28(31)32)26(4)17-18-11-13-19(33-5)14-12-18/h8-14,25H,6-7,15-17H2,1-5H3,(H,29,30). The number of nitrogens with zero attached hydrogens (tertiary/aromatic N) is 3. The molecule has 0 atom stereocenters. The molecule has 0 spiro atoms. The Balaban J connectivity index is 2.04. The summed E-state index contributed by atoms with van der Waals surface area (Å²) in [5.74, 6) is 0.757. The van der Waals surface area contributed by atoms with Gasteiger partial charge in [-0.1, -0.05) is 18.2 Å². The molecule has 2 aromatic carbocycles. The van der Waals surface area contributed by atoms with E-state index in [2.05, 4.69) is 5.32 Å². The Bertz CT molecular complexity index is 941. The molecule has 2 N–H and O–H groups in total. The van der Waals surface area contributed by atoms with E-state index in [0.717, 1.165) is 11.3 Å². The molecule has 2 aromatic rings. The molecule has 2 rings (SSSR count). The van der Waals surface area contributed by atoms with E-state index < -0.39 is 11.6 Å². The highest BCUT2D eigenvalue weighted by molar-refractivity contribution is 5.77. The number of para-hydroxylation sites is 1. The summed E-state index contributed by atoms with van der Waals surface area (Å²) in [6.45, 7) is 6.99. The van der Waals surface area contributed by atoms with E-state index in [1.54, 1.807) is 25.3 Å². The third-order valence-electron chi connectivity index (χ3n) is 5.35. The molecule has 0 aromatic heterocycles. The first-order valence-electron chi connectivity index (χ1n) is 10.9. The summed E-state index contributed by atoms with van der Waals surface area (Å²) in [5, 5.41) is 24.4. The molecule has 9 heteroatoms. The maximum absolute atomic E-state index is 11.9. The highest BCUT2D eigenvalue weighted by Gasteiger charge is 2.25. The molecule has 0 bridgehead atoms. The number of rotatable bonds is 11. The Kier molecular flexibility index (Phi) is 8.90. The van der Waals surface area contributed by atoms with Crippen LogP contribution in [0.25, 0.3) is 0 Å². The molecule has 180 valence electrons. The molecule has 33 heavy (non-hydrogen) atoms. The van der Waals surface area contributed by atoms with Gasteiger partial charge < -0.3 is 25.0 Å². The molecular formula is C24H34N4O5. The summed E-state index contributed by atoms with van der Waals surface area (Å²) < 4.78 is 5.18. The number of nitro groups is 1. The number of amides is 1. The van der Waals surface area contributed by atoms with Gasteiger partial charge in [-0.3, -0.25) is 10.1 Å². The number of carboxylic acid groups (broad SMARTS) is 1. The zero-order chi connectivity index (χ0) is 24.6. The van der Waals surface area contributed by atoms with Gasteiger partial charge in [-0.25, -0.2) is 4.79 Å². The second kappa shape index (κ2) is 11.4. The third kappa shape index (κ3) is 7.27. The Morgan fingerprint density at radius 2 is 1.82 bits per heavy atom. The highest BCUT2D eigenvalue weighted by Crippen LogP contribution is 2.35. The normalized spacial score (nSPS) is 11.1. The van der Waals surface area contributed by atoms with Crippen molar-refractivity contribution in [2.75, 3.05) is 37.5 Å². The van der Waals surface area contributed by atoms with Gasteiger partial charge in [-0.05, 0) is 63.4 Å². The summed E-state index contributed by atoms with van der Waals surface area (Å²) in [6, 6.07) is 12.8.